The molecule has 1 amide bonds. The lowest BCUT2D eigenvalue weighted by molar-refractivity contribution is -0.121. The fourth-order valence-corrected chi connectivity index (χ4v) is 3.33. The number of nitrogens with one attached hydrogen (secondary N) is 1. The van der Waals surface area contributed by atoms with Crippen molar-refractivity contribution in [1.82, 2.24) is 20.4 Å². The number of aliphatic hydroxyl groups is 1. The smallest absolute Gasteiger partial charge is 0.245 e. The first kappa shape index (κ1) is 18.3. The topological polar surface area (TPSA) is 104 Å². The monoisotopic (exact) mass is 379 g/mol. The lowest BCUT2D eigenvalue weighted by Crippen LogP contribution is -2.45. The van der Waals surface area contributed by atoms with Gasteiger partial charge in [-0.3, -0.25) is 20.0 Å². The summed E-state index contributed by atoms with van der Waals surface area (Å²) < 4.78 is 5.34. The molecule has 0 radical (unpaired) electrons. The highest BCUT2D eigenvalue weighted by Gasteiger charge is 2.31. The maximum absolute atomic E-state index is 12.8. The summed E-state index contributed by atoms with van der Waals surface area (Å²) in [7, 11) is 1.66. The first-order valence-electron chi connectivity index (χ1n) is 9.13. The van der Waals surface area contributed by atoms with E-state index in [9.17, 15) is 9.90 Å². The van der Waals surface area contributed by atoms with Crippen LogP contribution in [0.4, 0.5) is 5.82 Å². The molecule has 0 fully saturated rings. The van der Waals surface area contributed by atoms with E-state index in [0.29, 0.717) is 36.5 Å². The molecule has 0 aliphatic carbocycles. The standard InChI is InChI=1S/C20H21N5O3/c1-25-18-15(21-9-10-22-18)7-8-16(20(25)27)23-19(26)17-12-14(28-24-17)11-13-5-3-2-4-6-13/h2-6,9-10,12,16,19,23,26H,7-8,11H2,1H3/t16-,19?/m0/s1. The molecule has 0 saturated carbocycles. The molecule has 1 aliphatic heterocycles. The van der Waals surface area contributed by atoms with E-state index in [1.807, 2.05) is 30.3 Å². The molecule has 4 rings (SSSR count). The highest BCUT2D eigenvalue weighted by molar-refractivity contribution is 5.97. The first-order valence-corrected chi connectivity index (χ1v) is 9.13. The Hall–Kier alpha value is -3.10. The van der Waals surface area contributed by atoms with Gasteiger partial charge in [-0.2, -0.15) is 0 Å². The number of benzene rings is 1. The number of likely N-dealkylation sites (N-methyl/N-ethyl adjacent to an activating group) is 1. The number of hydrogen-bond acceptors (Lipinski definition) is 7. The van der Waals surface area contributed by atoms with Crippen LogP contribution < -0.4 is 10.2 Å². The molecule has 1 aliphatic rings. The summed E-state index contributed by atoms with van der Waals surface area (Å²) in [6.45, 7) is 0. The van der Waals surface area contributed by atoms with Crippen molar-refractivity contribution in [2.24, 2.45) is 0 Å². The van der Waals surface area contributed by atoms with Crippen LogP contribution in [0, 0.1) is 0 Å². The van der Waals surface area contributed by atoms with E-state index >= 15 is 0 Å². The zero-order chi connectivity index (χ0) is 19.5. The molecule has 8 nitrogen and oxygen atoms in total. The van der Waals surface area contributed by atoms with Crippen LogP contribution in [0.3, 0.4) is 0 Å². The van der Waals surface area contributed by atoms with Gasteiger partial charge in [0.25, 0.3) is 0 Å². The second-order valence-corrected chi connectivity index (χ2v) is 6.76. The molecule has 0 saturated heterocycles. The predicted molar refractivity (Wildman–Crippen MR) is 101 cm³/mol. The molecule has 0 spiro atoms. The van der Waals surface area contributed by atoms with Gasteiger partial charge in [0.15, 0.2) is 12.0 Å². The molecule has 3 heterocycles. The van der Waals surface area contributed by atoms with Crippen LogP contribution in [0.25, 0.3) is 0 Å². The number of nitrogens with zero attached hydrogens (tertiary/aromatic N) is 4. The number of carbonyl (C=O) groups is 1. The van der Waals surface area contributed by atoms with E-state index in [1.54, 1.807) is 25.5 Å². The highest BCUT2D eigenvalue weighted by atomic mass is 16.5. The Morgan fingerprint density at radius 3 is 2.89 bits per heavy atom. The van der Waals surface area contributed by atoms with Crippen molar-refractivity contribution >= 4 is 11.7 Å². The van der Waals surface area contributed by atoms with Crippen molar-refractivity contribution in [3.8, 4) is 0 Å². The molecule has 144 valence electrons. The molecular weight excluding hydrogens is 358 g/mol. The fraction of sp³-hybridized carbons (Fsp3) is 0.300. The fourth-order valence-electron chi connectivity index (χ4n) is 3.33. The Morgan fingerprint density at radius 1 is 1.29 bits per heavy atom. The number of rotatable bonds is 5. The summed E-state index contributed by atoms with van der Waals surface area (Å²) >= 11 is 0. The van der Waals surface area contributed by atoms with E-state index in [0.717, 1.165) is 11.3 Å². The molecule has 0 bridgehead atoms. The van der Waals surface area contributed by atoms with E-state index in [1.165, 1.54) is 4.90 Å². The van der Waals surface area contributed by atoms with Crippen LogP contribution in [-0.2, 0) is 17.6 Å². The van der Waals surface area contributed by atoms with E-state index in [2.05, 4.69) is 20.4 Å². The van der Waals surface area contributed by atoms with Gasteiger partial charge in [0.1, 0.15) is 11.5 Å². The van der Waals surface area contributed by atoms with Crippen LogP contribution >= 0.6 is 0 Å². The molecule has 1 aromatic carbocycles. The summed E-state index contributed by atoms with van der Waals surface area (Å²) in [5.41, 5.74) is 2.20. The minimum absolute atomic E-state index is 0.175. The average Bonchev–Trinajstić information content (AvgIpc) is 3.15. The van der Waals surface area contributed by atoms with Gasteiger partial charge >= 0.3 is 0 Å². The molecule has 1 unspecified atom stereocenters. The van der Waals surface area contributed by atoms with Crippen molar-refractivity contribution in [2.75, 3.05) is 11.9 Å². The Kier molecular flexibility index (Phi) is 5.14. The minimum atomic E-state index is -1.11. The van der Waals surface area contributed by atoms with E-state index in [-0.39, 0.29) is 5.91 Å². The van der Waals surface area contributed by atoms with Crippen molar-refractivity contribution < 1.29 is 14.4 Å². The van der Waals surface area contributed by atoms with Gasteiger partial charge in [0.2, 0.25) is 5.91 Å². The number of amides is 1. The third-order valence-electron chi connectivity index (χ3n) is 4.81. The van der Waals surface area contributed by atoms with Crippen molar-refractivity contribution in [3.63, 3.8) is 0 Å². The van der Waals surface area contributed by atoms with Gasteiger partial charge in [-0.05, 0) is 18.4 Å². The molecule has 2 N–H and O–H groups in total. The van der Waals surface area contributed by atoms with Crippen LogP contribution in [0.5, 0.6) is 0 Å². The van der Waals surface area contributed by atoms with Crippen molar-refractivity contribution in [1.29, 1.82) is 0 Å². The van der Waals surface area contributed by atoms with E-state index < -0.39 is 12.3 Å². The molecule has 2 aromatic heterocycles. The zero-order valence-electron chi connectivity index (χ0n) is 15.4. The van der Waals surface area contributed by atoms with Crippen LogP contribution in [-0.4, -0.2) is 39.2 Å². The maximum Gasteiger partial charge on any atom is 0.245 e. The molecule has 8 heteroatoms. The van der Waals surface area contributed by atoms with Crippen molar-refractivity contribution in [3.05, 3.63) is 71.5 Å². The summed E-state index contributed by atoms with van der Waals surface area (Å²) in [5.74, 6) is 1.02. The van der Waals surface area contributed by atoms with Gasteiger partial charge in [0, 0.05) is 31.9 Å². The summed E-state index contributed by atoms with van der Waals surface area (Å²) in [4.78, 5) is 22.8. The lowest BCUT2D eigenvalue weighted by atomic mass is 10.1. The van der Waals surface area contributed by atoms with Crippen LogP contribution in [0.15, 0.2) is 53.3 Å². The van der Waals surface area contributed by atoms with E-state index in [4.69, 9.17) is 4.52 Å². The number of aromatic nitrogens is 3. The van der Waals surface area contributed by atoms with Crippen LogP contribution in [0.1, 0.15) is 35.4 Å². The number of aliphatic hydroxyl groups excluding tert-OH is 1. The van der Waals surface area contributed by atoms with Gasteiger partial charge in [-0.25, -0.2) is 4.98 Å². The normalized spacial score (nSPS) is 17.9. The molecule has 2 atom stereocenters. The van der Waals surface area contributed by atoms with Gasteiger partial charge in [0.05, 0.1) is 11.7 Å². The SMILES string of the molecule is CN1C(=O)[C@@H](NC(O)c2cc(Cc3ccccc3)on2)CCc2nccnc21. The third-order valence-corrected chi connectivity index (χ3v) is 4.81. The lowest BCUT2D eigenvalue weighted by Gasteiger charge is -2.22. The minimum Gasteiger partial charge on any atom is -0.372 e. The molecule has 3 aromatic rings. The Morgan fingerprint density at radius 2 is 2.07 bits per heavy atom. The Balaban J connectivity index is 1.44. The maximum atomic E-state index is 12.8. The second-order valence-electron chi connectivity index (χ2n) is 6.76. The number of fused-ring (bicyclic) bond motifs is 1. The largest absolute Gasteiger partial charge is 0.372 e. The summed E-state index contributed by atoms with van der Waals surface area (Å²) in [6, 6.07) is 11.0. The number of hydrogen-bond donors (Lipinski definition) is 2. The Labute approximate surface area is 162 Å². The summed E-state index contributed by atoms with van der Waals surface area (Å²) in [6.07, 6.45) is 3.73. The number of anilines is 1. The second kappa shape index (κ2) is 7.87. The zero-order valence-corrected chi connectivity index (χ0v) is 15.4. The average molecular weight is 379 g/mol. The number of aryl methyl sites for hydroxylation is 1. The molecular formula is C20H21N5O3. The van der Waals surface area contributed by atoms with Crippen molar-refractivity contribution in [2.45, 2.75) is 31.5 Å². The highest BCUT2D eigenvalue weighted by Crippen LogP contribution is 2.23. The molecule has 28 heavy (non-hydrogen) atoms. The predicted octanol–water partition coefficient (Wildman–Crippen LogP) is 1.61. The summed E-state index contributed by atoms with van der Waals surface area (Å²) in [5, 5.41) is 17.4. The van der Waals surface area contributed by atoms with Gasteiger partial charge < -0.3 is 9.63 Å². The first-order chi connectivity index (χ1) is 13.6. The van der Waals surface area contributed by atoms with Crippen LogP contribution in [0.2, 0.25) is 0 Å². The van der Waals surface area contributed by atoms with Gasteiger partial charge in [-0.1, -0.05) is 35.5 Å². The number of carbonyl (C=O) groups excluding carboxylic acids is 1. The Bertz CT molecular complexity index is 959. The quantitative estimate of drug-likeness (QED) is 0.649. The third kappa shape index (κ3) is 3.78. The van der Waals surface area contributed by atoms with Gasteiger partial charge in [-0.15, -0.1) is 0 Å².